The molecule has 2 aromatic rings. The highest BCUT2D eigenvalue weighted by molar-refractivity contribution is 7.92. The zero-order valence-corrected chi connectivity index (χ0v) is 16.0. The minimum atomic E-state index is -3.99. The van der Waals surface area contributed by atoms with Crippen LogP contribution in [0.3, 0.4) is 0 Å². The maximum Gasteiger partial charge on any atom is 0.339 e. The topological polar surface area (TPSA) is 99.6 Å². The van der Waals surface area contributed by atoms with E-state index in [9.17, 15) is 22.7 Å². The maximum absolute atomic E-state index is 13.0. The van der Waals surface area contributed by atoms with E-state index in [1.807, 2.05) is 18.7 Å². The lowest BCUT2D eigenvalue weighted by molar-refractivity contribution is 0.0697. The van der Waals surface area contributed by atoms with E-state index < -0.39 is 21.8 Å². The van der Waals surface area contributed by atoms with Crippen molar-refractivity contribution in [2.24, 2.45) is 0 Å². The first-order chi connectivity index (χ1) is 12.8. The highest BCUT2D eigenvalue weighted by Crippen LogP contribution is 2.24. The molecule has 0 unspecified atom stereocenters. The fraction of sp³-hybridized carbons (Fsp3) is 0.333. The fourth-order valence-corrected chi connectivity index (χ4v) is 3.55. The van der Waals surface area contributed by atoms with E-state index in [-0.39, 0.29) is 16.1 Å². The van der Waals surface area contributed by atoms with Crippen LogP contribution in [0.1, 0.15) is 37.0 Å². The quantitative estimate of drug-likeness (QED) is 0.675. The number of pyridine rings is 1. The summed E-state index contributed by atoms with van der Waals surface area (Å²) in [5.41, 5.74) is -0.0701. The lowest BCUT2D eigenvalue weighted by Crippen LogP contribution is -2.27. The summed E-state index contributed by atoms with van der Waals surface area (Å²) >= 11 is 0. The van der Waals surface area contributed by atoms with Crippen molar-refractivity contribution >= 4 is 27.5 Å². The van der Waals surface area contributed by atoms with Gasteiger partial charge in [0.1, 0.15) is 17.2 Å². The molecule has 2 rings (SSSR count). The first kappa shape index (κ1) is 20.6. The number of carboxylic acid groups (broad SMARTS) is 1. The van der Waals surface area contributed by atoms with Gasteiger partial charge in [0.05, 0.1) is 16.8 Å². The van der Waals surface area contributed by atoms with Crippen LogP contribution in [0.25, 0.3) is 0 Å². The fourth-order valence-electron chi connectivity index (χ4n) is 2.51. The van der Waals surface area contributed by atoms with Crippen LogP contribution in [0.2, 0.25) is 0 Å². The number of nitrogens with zero attached hydrogens (tertiary/aromatic N) is 2. The lowest BCUT2D eigenvalue weighted by atomic mass is 10.2. The number of aromatic carboxylic acids is 1. The number of nitrogens with one attached hydrogen (secondary N) is 1. The number of halogens is 1. The zero-order valence-electron chi connectivity index (χ0n) is 15.1. The van der Waals surface area contributed by atoms with Gasteiger partial charge >= 0.3 is 5.97 Å². The Morgan fingerprint density at radius 3 is 2.48 bits per heavy atom. The first-order valence-electron chi connectivity index (χ1n) is 8.55. The average Bonchev–Trinajstić information content (AvgIpc) is 2.63. The van der Waals surface area contributed by atoms with Crippen LogP contribution in [0.15, 0.2) is 41.4 Å². The Morgan fingerprint density at radius 2 is 1.93 bits per heavy atom. The average molecular weight is 395 g/mol. The van der Waals surface area contributed by atoms with E-state index in [4.69, 9.17) is 0 Å². The molecule has 1 aromatic carbocycles. The second kappa shape index (κ2) is 8.81. The van der Waals surface area contributed by atoms with Gasteiger partial charge in [0, 0.05) is 13.1 Å². The van der Waals surface area contributed by atoms with Crippen LogP contribution >= 0.6 is 0 Å². The third-order valence-electron chi connectivity index (χ3n) is 3.94. The number of hydrogen-bond acceptors (Lipinski definition) is 5. The van der Waals surface area contributed by atoms with Crippen molar-refractivity contribution in [2.75, 3.05) is 22.7 Å². The predicted molar refractivity (Wildman–Crippen MR) is 101 cm³/mol. The Hall–Kier alpha value is -2.68. The number of unbranched alkanes of at least 4 members (excludes halogenated alkanes) is 1. The maximum atomic E-state index is 13.0. The molecule has 0 atom stereocenters. The summed E-state index contributed by atoms with van der Waals surface area (Å²) in [6.07, 6.45) is 3.11. The summed E-state index contributed by atoms with van der Waals surface area (Å²) in [5, 5.41) is 9.52. The van der Waals surface area contributed by atoms with Crippen molar-refractivity contribution in [1.29, 1.82) is 0 Å². The van der Waals surface area contributed by atoms with Gasteiger partial charge in [0.15, 0.2) is 0 Å². The van der Waals surface area contributed by atoms with Gasteiger partial charge in [-0.1, -0.05) is 13.3 Å². The molecule has 1 aromatic heterocycles. The van der Waals surface area contributed by atoms with Crippen molar-refractivity contribution in [3.05, 3.63) is 47.9 Å². The van der Waals surface area contributed by atoms with Crippen LogP contribution in [-0.4, -0.2) is 37.6 Å². The molecule has 0 amide bonds. The van der Waals surface area contributed by atoms with Gasteiger partial charge in [-0.3, -0.25) is 4.72 Å². The van der Waals surface area contributed by atoms with Gasteiger partial charge in [-0.15, -0.1) is 0 Å². The van der Waals surface area contributed by atoms with E-state index in [1.165, 1.54) is 12.3 Å². The van der Waals surface area contributed by atoms with E-state index in [0.29, 0.717) is 18.9 Å². The molecule has 0 fully saturated rings. The SMILES string of the molecule is CCCCN(CC)c1ncc(NS(=O)(=O)c2ccc(F)cc2)cc1C(=O)O. The number of carboxylic acids is 1. The van der Waals surface area contributed by atoms with Gasteiger partial charge < -0.3 is 10.0 Å². The van der Waals surface area contributed by atoms with Crippen molar-refractivity contribution in [3.8, 4) is 0 Å². The van der Waals surface area contributed by atoms with Crippen LogP contribution in [0, 0.1) is 5.82 Å². The number of aromatic nitrogens is 1. The molecule has 27 heavy (non-hydrogen) atoms. The minimum Gasteiger partial charge on any atom is -0.478 e. The third-order valence-corrected chi connectivity index (χ3v) is 5.33. The summed E-state index contributed by atoms with van der Waals surface area (Å²) in [7, 11) is -3.99. The minimum absolute atomic E-state index is 0.0204. The second-order valence-electron chi connectivity index (χ2n) is 5.89. The first-order valence-corrected chi connectivity index (χ1v) is 10.0. The molecule has 0 saturated carbocycles. The summed E-state index contributed by atoms with van der Waals surface area (Å²) in [5.74, 6) is -1.46. The van der Waals surface area contributed by atoms with Gasteiger partial charge in [0.2, 0.25) is 0 Å². The number of anilines is 2. The molecule has 7 nitrogen and oxygen atoms in total. The Kier molecular flexibility index (Phi) is 6.73. The van der Waals surface area contributed by atoms with E-state index in [0.717, 1.165) is 37.1 Å². The largest absolute Gasteiger partial charge is 0.478 e. The van der Waals surface area contributed by atoms with Gasteiger partial charge in [-0.25, -0.2) is 22.6 Å². The van der Waals surface area contributed by atoms with Crippen molar-refractivity contribution in [2.45, 2.75) is 31.6 Å². The van der Waals surface area contributed by atoms with Gasteiger partial charge in [-0.2, -0.15) is 0 Å². The Bertz CT molecular complexity index is 901. The Morgan fingerprint density at radius 1 is 1.26 bits per heavy atom. The molecular formula is C18H22FN3O4S. The zero-order chi connectivity index (χ0) is 20.0. The normalized spacial score (nSPS) is 11.2. The van der Waals surface area contributed by atoms with Gasteiger partial charge in [-0.05, 0) is 43.7 Å². The Balaban J connectivity index is 2.34. The number of sulfonamides is 1. The molecule has 2 N–H and O–H groups in total. The van der Waals surface area contributed by atoms with Crippen molar-refractivity contribution < 1.29 is 22.7 Å². The lowest BCUT2D eigenvalue weighted by Gasteiger charge is -2.23. The highest BCUT2D eigenvalue weighted by Gasteiger charge is 2.20. The molecule has 1 heterocycles. The number of rotatable bonds is 9. The number of hydrogen-bond donors (Lipinski definition) is 2. The number of benzene rings is 1. The van der Waals surface area contributed by atoms with Crippen LogP contribution in [0.5, 0.6) is 0 Å². The van der Waals surface area contributed by atoms with E-state index in [1.54, 1.807) is 0 Å². The third kappa shape index (κ3) is 5.16. The molecule has 0 saturated heterocycles. The summed E-state index contributed by atoms with van der Waals surface area (Å²) in [4.78, 5) is 17.5. The molecule has 9 heteroatoms. The number of carbonyl (C=O) groups is 1. The summed E-state index contributed by atoms with van der Waals surface area (Å²) in [6.45, 7) is 5.16. The summed E-state index contributed by atoms with van der Waals surface area (Å²) in [6, 6.07) is 5.56. The summed E-state index contributed by atoms with van der Waals surface area (Å²) < 4.78 is 40.1. The standard InChI is InChI=1S/C18H22FN3O4S/c1-3-5-10-22(4-2)17-16(18(23)24)11-14(12-20-17)21-27(25,26)15-8-6-13(19)7-9-15/h6-9,11-12,21H,3-5,10H2,1-2H3,(H,23,24). The molecule has 0 aliphatic carbocycles. The molecule has 0 spiro atoms. The predicted octanol–water partition coefficient (Wildman–Crippen LogP) is 3.35. The highest BCUT2D eigenvalue weighted by atomic mass is 32.2. The van der Waals surface area contributed by atoms with Crippen molar-refractivity contribution in [3.63, 3.8) is 0 Å². The van der Waals surface area contributed by atoms with Crippen LogP contribution in [0.4, 0.5) is 15.9 Å². The second-order valence-corrected chi connectivity index (χ2v) is 7.58. The molecule has 0 aliphatic rings. The van der Waals surface area contributed by atoms with E-state index in [2.05, 4.69) is 9.71 Å². The van der Waals surface area contributed by atoms with Crippen molar-refractivity contribution in [1.82, 2.24) is 4.98 Å². The smallest absolute Gasteiger partial charge is 0.339 e. The monoisotopic (exact) mass is 395 g/mol. The molecule has 0 aliphatic heterocycles. The Labute approximate surface area is 157 Å². The molecular weight excluding hydrogens is 373 g/mol. The molecule has 146 valence electrons. The molecule has 0 bridgehead atoms. The molecule has 0 radical (unpaired) electrons. The van der Waals surface area contributed by atoms with Crippen LogP contribution < -0.4 is 9.62 Å². The van der Waals surface area contributed by atoms with E-state index >= 15 is 0 Å². The van der Waals surface area contributed by atoms with Gasteiger partial charge in [0.25, 0.3) is 10.0 Å². The van der Waals surface area contributed by atoms with Crippen LogP contribution in [-0.2, 0) is 10.0 Å².